The van der Waals surface area contributed by atoms with Crippen LogP contribution in [0.15, 0.2) is 58.2 Å². The molecule has 1 saturated heterocycles. The Morgan fingerprint density at radius 1 is 1.08 bits per heavy atom. The molecule has 7 rings (SSSR count). The van der Waals surface area contributed by atoms with E-state index in [2.05, 4.69) is 21.1 Å². The quantitative estimate of drug-likeness (QED) is 0.154. The summed E-state index contributed by atoms with van der Waals surface area (Å²) in [5, 5.41) is 35.4. The van der Waals surface area contributed by atoms with E-state index in [0.717, 1.165) is 47.2 Å². The van der Waals surface area contributed by atoms with Gasteiger partial charge in [0.25, 0.3) is 0 Å². The monoisotopic (exact) mass is 744 g/mol. The van der Waals surface area contributed by atoms with Crippen LogP contribution in [0, 0.1) is 11.3 Å². The molecule has 2 atom stereocenters. The third-order valence-electron chi connectivity index (χ3n) is 9.30. The molecule has 2 N–H and O–H groups in total. The number of aliphatic hydroxyl groups is 2. The van der Waals surface area contributed by atoms with E-state index in [1.54, 1.807) is 31.7 Å². The Hall–Kier alpha value is -4.64. The molecule has 2 aromatic carbocycles. The Kier molecular flexibility index (Phi) is 9.91. The standard InChI is InChI=1S/C38H38Cl2N6O6/c1-38(2,48)20-46-18-22(16-41)33-32(34(46)44-50-4)42-36(52-33)28-10-6-9-27(31(28)40)24-7-5-8-26-25(24)11-12-30(26)51-37-29(39)15-21(35(43-37)49-3)17-45-14-13-23(47)19-45/h5-10,15,18,23,30,47-48H,11-14,17,19-20H2,1-4H3/b44-34-/t23-,30+/m1/s1. The van der Waals surface area contributed by atoms with Gasteiger partial charge in [0.15, 0.2) is 11.1 Å². The minimum atomic E-state index is -1.10. The lowest BCUT2D eigenvalue weighted by molar-refractivity contribution is 0.0591. The Labute approximate surface area is 310 Å². The molecule has 0 amide bonds. The number of aromatic nitrogens is 3. The zero-order chi connectivity index (χ0) is 36.7. The first-order chi connectivity index (χ1) is 25.0. The average Bonchev–Trinajstić information content (AvgIpc) is 3.85. The topological polar surface area (TPSA) is 151 Å². The van der Waals surface area contributed by atoms with Gasteiger partial charge in [0.2, 0.25) is 23.1 Å². The van der Waals surface area contributed by atoms with Crippen LogP contribution >= 0.6 is 23.2 Å². The number of pyridine rings is 2. The van der Waals surface area contributed by atoms with Crippen LogP contribution in [0.2, 0.25) is 10.0 Å². The first kappa shape index (κ1) is 35.7. The van der Waals surface area contributed by atoms with E-state index in [4.69, 9.17) is 46.9 Å². The molecule has 0 spiro atoms. The van der Waals surface area contributed by atoms with Gasteiger partial charge in [-0.2, -0.15) is 10.2 Å². The number of hydrogen-bond acceptors (Lipinski definition) is 11. The van der Waals surface area contributed by atoms with E-state index in [9.17, 15) is 15.5 Å². The minimum absolute atomic E-state index is 0.133. The largest absolute Gasteiger partial charge is 0.481 e. The second-order valence-corrected chi connectivity index (χ2v) is 14.5. The minimum Gasteiger partial charge on any atom is -0.481 e. The predicted octanol–water partition coefficient (Wildman–Crippen LogP) is 6.41. The van der Waals surface area contributed by atoms with E-state index in [0.29, 0.717) is 57.9 Å². The molecule has 4 heterocycles. The van der Waals surface area contributed by atoms with E-state index < -0.39 is 5.60 Å². The summed E-state index contributed by atoms with van der Waals surface area (Å²) < 4.78 is 19.9. The highest BCUT2D eigenvalue weighted by molar-refractivity contribution is 6.36. The van der Waals surface area contributed by atoms with Gasteiger partial charge in [-0.15, -0.1) is 0 Å². The van der Waals surface area contributed by atoms with Crippen LogP contribution < -0.4 is 15.0 Å². The predicted molar refractivity (Wildman–Crippen MR) is 195 cm³/mol. The lowest BCUT2D eigenvalue weighted by Gasteiger charge is -2.20. The number of ether oxygens (including phenoxy) is 2. The van der Waals surface area contributed by atoms with Crippen LogP contribution in [-0.4, -0.2) is 68.7 Å². The number of aliphatic hydroxyl groups excluding tert-OH is 1. The van der Waals surface area contributed by atoms with E-state index in [1.165, 1.54) is 7.11 Å². The number of methoxy groups -OCH3 is 1. The normalized spacial score (nSPS) is 17.8. The Morgan fingerprint density at radius 2 is 1.85 bits per heavy atom. The summed E-state index contributed by atoms with van der Waals surface area (Å²) in [5.41, 5.74) is 5.14. The molecule has 2 aliphatic rings. The summed E-state index contributed by atoms with van der Waals surface area (Å²) in [6.07, 6.45) is 3.11. The smallest absolute Gasteiger partial charge is 0.236 e. The number of hydrogen-bond donors (Lipinski definition) is 2. The number of nitrogens with zero attached hydrogens (tertiary/aromatic N) is 6. The van der Waals surface area contributed by atoms with Gasteiger partial charge in [-0.25, -0.2) is 4.98 Å². The second-order valence-electron chi connectivity index (χ2n) is 13.7. The fraction of sp³-hybridized carbons (Fsp3) is 0.368. The molecule has 14 heteroatoms. The molecule has 270 valence electrons. The van der Waals surface area contributed by atoms with Gasteiger partial charge >= 0.3 is 0 Å². The molecule has 1 aliphatic carbocycles. The van der Waals surface area contributed by atoms with Crippen LogP contribution in [0.25, 0.3) is 33.7 Å². The third-order valence-corrected chi connectivity index (χ3v) is 9.98. The number of halogens is 2. The van der Waals surface area contributed by atoms with E-state index in [-0.39, 0.29) is 35.8 Å². The molecule has 1 fully saturated rings. The number of β-amino-alcohol motifs (C(OH)–C–C–N with tert-alkyl or cyclic N) is 1. The molecule has 12 nitrogen and oxygen atoms in total. The van der Waals surface area contributed by atoms with Crippen molar-refractivity contribution in [3.05, 3.63) is 86.4 Å². The van der Waals surface area contributed by atoms with Crippen molar-refractivity contribution in [3.63, 3.8) is 0 Å². The van der Waals surface area contributed by atoms with Crippen LogP contribution in [0.3, 0.4) is 0 Å². The van der Waals surface area contributed by atoms with Gasteiger partial charge in [0.1, 0.15) is 29.9 Å². The van der Waals surface area contributed by atoms with Gasteiger partial charge in [-0.05, 0) is 61.9 Å². The molecule has 0 unspecified atom stereocenters. The highest BCUT2D eigenvalue weighted by atomic mass is 35.5. The molecule has 3 aromatic heterocycles. The molecule has 52 heavy (non-hydrogen) atoms. The Balaban J connectivity index is 1.21. The van der Waals surface area contributed by atoms with Gasteiger partial charge in [-0.3, -0.25) is 4.90 Å². The summed E-state index contributed by atoms with van der Waals surface area (Å²) in [7, 11) is 2.98. The highest BCUT2D eigenvalue weighted by Crippen LogP contribution is 2.45. The van der Waals surface area contributed by atoms with Gasteiger partial charge in [0, 0.05) is 37.0 Å². The van der Waals surface area contributed by atoms with Crippen molar-refractivity contribution in [2.24, 2.45) is 5.16 Å². The third kappa shape index (κ3) is 6.95. The molecule has 0 bridgehead atoms. The maximum Gasteiger partial charge on any atom is 0.236 e. The Bertz CT molecular complexity index is 2270. The zero-order valence-corrected chi connectivity index (χ0v) is 30.7. The van der Waals surface area contributed by atoms with Gasteiger partial charge < -0.3 is 33.5 Å². The number of oxazole rings is 1. The molecular formula is C38H38Cl2N6O6. The Morgan fingerprint density at radius 3 is 2.56 bits per heavy atom. The van der Waals surface area contributed by atoms with Crippen molar-refractivity contribution in [1.29, 1.82) is 5.26 Å². The molecule has 1 aliphatic heterocycles. The van der Waals surface area contributed by atoms with Crippen LogP contribution in [-0.2, 0) is 24.3 Å². The fourth-order valence-corrected chi connectivity index (χ4v) is 7.60. The first-order valence-electron chi connectivity index (χ1n) is 16.9. The summed E-state index contributed by atoms with van der Waals surface area (Å²) in [4.78, 5) is 16.7. The number of benzene rings is 2. The molecule has 0 saturated carbocycles. The van der Waals surface area contributed by atoms with Crippen molar-refractivity contribution >= 4 is 34.3 Å². The first-order valence-corrected chi connectivity index (χ1v) is 17.7. The summed E-state index contributed by atoms with van der Waals surface area (Å²) in [6, 6.07) is 15.7. The number of nitriles is 1. The lowest BCUT2D eigenvalue weighted by Crippen LogP contribution is -2.33. The maximum absolute atomic E-state index is 10.5. The van der Waals surface area contributed by atoms with Crippen LogP contribution in [0.4, 0.5) is 0 Å². The van der Waals surface area contributed by atoms with Gasteiger partial charge in [-0.1, -0.05) is 58.7 Å². The summed E-state index contributed by atoms with van der Waals surface area (Å²) in [6.45, 7) is 5.40. The van der Waals surface area contributed by atoms with Crippen molar-refractivity contribution in [2.75, 3.05) is 27.3 Å². The fourth-order valence-electron chi connectivity index (χ4n) is 7.07. The highest BCUT2D eigenvalue weighted by Gasteiger charge is 2.30. The molecule has 5 aromatic rings. The summed E-state index contributed by atoms with van der Waals surface area (Å²) in [5.74, 6) is 0.940. The number of likely N-dealkylation sites (tertiary alicyclic amines) is 1. The molecule has 0 radical (unpaired) electrons. The molecular weight excluding hydrogens is 707 g/mol. The SMILES string of the molecule is CO/N=c1/c2nc(-c3cccc(-c4cccc5c4CC[C@@H]5Oc4nc(OC)c(CN5CC[C@@H](O)C5)cc4Cl)c3Cl)oc2c(C#N)cn1CC(C)(C)O. The van der Waals surface area contributed by atoms with Crippen molar-refractivity contribution in [1.82, 2.24) is 19.4 Å². The van der Waals surface area contributed by atoms with Crippen LogP contribution in [0.5, 0.6) is 11.8 Å². The van der Waals surface area contributed by atoms with Crippen LogP contribution in [0.1, 0.15) is 55.0 Å². The summed E-state index contributed by atoms with van der Waals surface area (Å²) >= 11 is 13.9. The lowest BCUT2D eigenvalue weighted by atomic mass is 9.95. The van der Waals surface area contributed by atoms with Crippen molar-refractivity contribution < 1.29 is 28.9 Å². The van der Waals surface area contributed by atoms with Crippen molar-refractivity contribution in [2.45, 2.75) is 64.0 Å². The number of rotatable bonds is 10. The zero-order valence-electron chi connectivity index (χ0n) is 29.2. The van der Waals surface area contributed by atoms with Gasteiger partial charge in [0.05, 0.1) is 35.9 Å². The number of fused-ring (bicyclic) bond motifs is 2. The van der Waals surface area contributed by atoms with Crippen molar-refractivity contribution in [3.8, 4) is 40.4 Å². The van der Waals surface area contributed by atoms with E-state index in [1.807, 2.05) is 42.5 Å². The van der Waals surface area contributed by atoms with E-state index >= 15 is 0 Å². The average molecular weight is 746 g/mol. The maximum atomic E-state index is 10.5. The second kappa shape index (κ2) is 14.4.